The monoisotopic (exact) mass is 918 g/mol. The third kappa shape index (κ3) is 10.0. The number of benzene rings is 2. The first-order valence-electron chi connectivity index (χ1n) is 23.4. The van der Waals surface area contributed by atoms with E-state index in [4.69, 9.17) is 9.26 Å². The fourth-order valence-corrected chi connectivity index (χ4v) is 11.1. The zero-order chi connectivity index (χ0) is 46.0. The van der Waals surface area contributed by atoms with Gasteiger partial charge in [-0.05, 0) is 105 Å². The lowest BCUT2D eigenvalue weighted by Gasteiger charge is -2.47. The third-order valence-corrected chi connectivity index (χ3v) is 14.9. The number of carbonyl (C=O) groups excluding carboxylic acids is 2. The number of ether oxygens (including phenoxy) is 1. The number of anilines is 2. The lowest BCUT2D eigenvalue weighted by molar-refractivity contribution is -0.141. The van der Waals surface area contributed by atoms with Gasteiger partial charge in [-0.3, -0.25) is 14.5 Å². The minimum Gasteiger partial charge on any atom is -0.507 e. The average Bonchev–Trinajstić information content (AvgIpc) is 4.07. The second kappa shape index (κ2) is 19.7. The SMILES string of the molecule is Cc1ncsc1-c1ccc([C@H](C)NC(=O)[C@@H]2C[C@@H](O)CN2C(=O)[C@@H](c2cc(OCCN3CCC(CN4CCCC5(CNc6nnc(-c7ccccc7O)cc6N5)C4)CC3)no2)C(C)C)cc1. The number of aliphatic hydroxyl groups excluding tert-OH is 1. The van der Waals surface area contributed by atoms with E-state index in [1.54, 1.807) is 29.5 Å². The number of rotatable bonds is 14. The number of β-amino-alcohol motifs (C(OH)–C–C–N with tert-alkyl or cyclic N) is 1. The first-order valence-corrected chi connectivity index (χ1v) is 24.3. The number of aryl methyl sites for hydroxylation is 1. The first kappa shape index (κ1) is 45.5. The van der Waals surface area contributed by atoms with E-state index in [1.807, 2.05) is 75.7 Å². The predicted molar refractivity (Wildman–Crippen MR) is 253 cm³/mol. The highest BCUT2D eigenvalue weighted by atomic mass is 32.1. The van der Waals surface area contributed by atoms with Crippen molar-refractivity contribution in [3.63, 3.8) is 0 Å². The van der Waals surface area contributed by atoms with Gasteiger partial charge in [0.25, 0.3) is 5.88 Å². The van der Waals surface area contributed by atoms with E-state index < -0.39 is 18.1 Å². The molecular weight excluding hydrogens is 857 g/mol. The number of phenols is 1. The van der Waals surface area contributed by atoms with Gasteiger partial charge in [-0.25, -0.2) is 4.98 Å². The first-order chi connectivity index (χ1) is 31.9. The smallest absolute Gasteiger partial charge is 0.254 e. The van der Waals surface area contributed by atoms with Gasteiger partial charge in [0.1, 0.15) is 24.3 Å². The Labute approximate surface area is 390 Å². The van der Waals surface area contributed by atoms with Crippen LogP contribution in [0.1, 0.15) is 81.9 Å². The Morgan fingerprint density at radius 1 is 1.05 bits per heavy atom. The van der Waals surface area contributed by atoms with Crippen molar-refractivity contribution in [1.29, 1.82) is 0 Å². The van der Waals surface area contributed by atoms with E-state index in [9.17, 15) is 19.8 Å². The maximum Gasteiger partial charge on any atom is 0.254 e. The van der Waals surface area contributed by atoms with Crippen LogP contribution in [0.25, 0.3) is 21.7 Å². The summed E-state index contributed by atoms with van der Waals surface area (Å²) in [4.78, 5) is 40.0. The van der Waals surface area contributed by atoms with Crippen molar-refractivity contribution in [3.05, 3.63) is 83.2 Å². The molecule has 3 fully saturated rings. The fourth-order valence-electron chi connectivity index (χ4n) is 10.3. The quantitative estimate of drug-likeness (QED) is 0.0832. The fraction of sp³-hybridized carbons (Fsp3) is 0.510. The summed E-state index contributed by atoms with van der Waals surface area (Å²) in [5, 5.41) is 44.6. The molecular formula is C49H62N10O6S. The Morgan fingerprint density at radius 3 is 2.61 bits per heavy atom. The molecule has 2 aromatic carbocycles. The van der Waals surface area contributed by atoms with Crippen molar-refractivity contribution in [2.75, 3.05) is 69.6 Å². The summed E-state index contributed by atoms with van der Waals surface area (Å²) < 4.78 is 11.8. The van der Waals surface area contributed by atoms with Gasteiger partial charge in [0, 0.05) is 50.8 Å². The van der Waals surface area contributed by atoms with Crippen LogP contribution in [0, 0.1) is 18.8 Å². The minimum atomic E-state index is -0.818. The molecule has 1 unspecified atom stereocenters. The molecule has 9 rings (SSSR count). The lowest BCUT2D eigenvalue weighted by Crippen LogP contribution is -2.59. The van der Waals surface area contributed by atoms with Crippen LogP contribution in [-0.4, -0.2) is 134 Å². The number of thiazole rings is 1. The zero-order valence-electron chi connectivity index (χ0n) is 38.3. The van der Waals surface area contributed by atoms with Crippen LogP contribution < -0.4 is 20.7 Å². The number of amides is 2. The van der Waals surface area contributed by atoms with Crippen molar-refractivity contribution < 1.29 is 29.1 Å². The molecule has 350 valence electrons. The average molecular weight is 919 g/mol. The Kier molecular flexibility index (Phi) is 13.6. The number of likely N-dealkylation sites (tertiary alicyclic amines) is 3. The summed E-state index contributed by atoms with van der Waals surface area (Å²) in [6.07, 6.45) is 3.76. The van der Waals surface area contributed by atoms with E-state index in [-0.39, 0.29) is 48.0 Å². The van der Waals surface area contributed by atoms with Crippen molar-refractivity contribution >= 4 is 34.7 Å². The topological polar surface area (TPSA) is 194 Å². The number of fused-ring (bicyclic) bond motifs is 1. The molecule has 0 saturated carbocycles. The van der Waals surface area contributed by atoms with Gasteiger partial charge in [0.05, 0.1) is 45.1 Å². The van der Waals surface area contributed by atoms with Crippen molar-refractivity contribution in [2.45, 2.75) is 89.4 Å². The predicted octanol–water partition coefficient (Wildman–Crippen LogP) is 6.31. The number of hydrogen-bond acceptors (Lipinski definition) is 15. The van der Waals surface area contributed by atoms with Crippen LogP contribution in [0.5, 0.6) is 11.6 Å². The second-order valence-electron chi connectivity index (χ2n) is 19.0. The van der Waals surface area contributed by atoms with E-state index in [0.29, 0.717) is 35.4 Å². The number of aromatic hydroxyl groups is 1. The number of phenolic OH excluding ortho intramolecular Hbond substituents is 1. The largest absolute Gasteiger partial charge is 0.507 e. The molecule has 4 aliphatic rings. The summed E-state index contributed by atoms with van der Waals surface area (Å²) in [5.41, 5.74) is 6.96. The number of aliphatic hydroxyl groups is 1. The summed E-state index contributed by atoms with van der Waals surface area (Å²) in [6, 6.07) is 17.8. The molecule has 7 heterocycles. The van der Waals surface area contributed by atoms with E-state index in [2.05, 4.69) is 46.1 Å². The normalized spacial score (nSPS) is 22.4. The van der Waals surface area contributed by atoms with Crippen molar-refractivity contribution in [2.24, 2.45) is 11.8 Å². The Morgan fingerprint density at radius 2 is 1.85 bits per heavy atom. The Balaban J connectivity index is 0.731. The molecule has 0 aliphatic carbocycles. The lowest BCUT2D eigenvalue weighted by atomic mass is 9.86. The number of nitrogens with one attached hydrogen (secondary N) is 3. The second-order valence-corrected chi connectivity index (χ2v) is 19.9. The highest BCUT2D eigenvalue weighted by Gasteiger charge is 2.44. The van der Waals surface area contributed by atoms with Crippen LogP contribution in [0.15, 0.2) is 70.7 Å². The third-order valence-electron chi connectivity index (χ3n) is 13.9. The summed E-state index contributed by atoms with van der Waals surface area (Å²) in [7, 11) is 0. The van der Waals surface area contributed by atoms with Crippen LogP contribution in [0.4, 0.5) is 11.5 Å². The standard InChI is InChI=1S/C49H62N10O6S/c1-30(2)44(48(63)59-26-36(60)22-40(59)47(62)52-31(3)34-10-12-35(13-11-34)45-32(4)51-29-66-45)42-24-43(56-65-42)64-21-20-57-18-14-33(15-19-57)25-58-17-7-16-49(28-58)27-50-46-39(53-49)23-38(54-55-46)37-8-5-6-9-41(37)61/h5-6,8-13,23-24,29-31,33,36,40,44,53,60-61H,7,14-22,25-28H2,1-4H3,(H,50,55)(H,52,62)/t31-,36+,40-,44+,49?/m0/s1. The number of nitrogens with zero attached hydrogens (tertiary/aromatic N) is 7. The number of hydrogen-bond donors (Lipinski definition) is 5. The maximum absolute atomic E-state index is 14.2. The van der Waals surface area contributed by atoms with Crippen LogP contribution in [0.3, 0.4) is 0 Å². The van der Waals surface area contributed by atoms with Gasteiger partial charge in [-0.2, -0.15) is 0 Å². The number of para-hydroxylation sites is 1. The molecule has 4 aliphatic heterocycles. The molecule has 16 nitrogen and oxygen atoms in total. The molecule has 5 atom stereocenters. The van der Waals surface area contributed by atoms with E-state index >= 15 is 0 Å². The number of carbonyl (C=O) groups is 2. The van der Waals surface area contributed by atoms with Gasteiger partial charge >= 0.3 is 0 Å². The summed E-state index contributed by atoms with van der Waals surface area (Å²) >= 11 is 1.59. The molecule has 5 N–H and O–H groups in total. The highest BCUT2D eigenvalue weighted by Crippen LogP contribution is 2.38. The number of piperidine rings is 2. The van der Waals surface area contributed by atoms with Gasteiger partial charge in [-0.15, -0.1) is 21.5 Å². The summed E-state index contributed by atoms with van der Waals surface area (Å²) in [5.74, 6) is 0.800. The molecule has 3 saturated heterocycles. The summed E-state index contributed by atoms with van der Waals surface area (Å²) in [6.45, 7) is 14.9. The molecule has 17 heteroatoms. The molecule has 5 aromatic rings. The molecule has 66 heavy (non-hydrogen) atoms. The Bertz CT molecular complexity index is 2470. The van der Waals surface area contributed by atoms with E-state index in [0.717, 1.165) is 105 Å². The van der Waals surface area contributed by atoms with Crippen LogP contribution in [-0.2, 0) is 9.59 Å². The zero-order valence-corrected chi connectivity index (χ0v) is 39.1. The number of aromatic nitrogens is 4. The van der Waals surface area contributed by atoms with Gasteiger partial charge in [-0.1, -0.05) is 50.2 Å². The molecule has 2 amide bonds. The van der Waals surface area contributed by atoms with Crippen LogP contribution in [0.2, 0.25) is 0 Å². The Hall–Kier alpha value is -5.62. The molecule has 0 radical (unpaired) electrons. The van der Waals surface area contributed by atoms with Gasteiger partial charge < -0.3 is 45.2 Å². The maximum atomic E-state index is 14.2. The van der Waals surface area contributed by atoms with Gasteiger partial charge in [0.15, 0.2) is 11.6 Å². The molecule has 1 spiro atoms. The molecule has 3 aromatic heterocycles. The van der Waals surface area contributed by atoms with Crippen molar-refractivity contribution in [1.82, 2.24) is 40.4 Å². The minimum absolute atomic E-state index is 0.0632. The van der Waals surface area contributed by atoms with Gasteiger partial charge in [0.2, 0.25) is 11.8 Å². The van der Waals surface area contributed by atoms with Crippen LogP contribution >= 0.6 is 11.3 Å². The highest BCUT2D eigenvalue weighted by molar-refractivity contribution is 7.13. The molecule has 0 bridgehead atoms. The van der Waals surface area contributed by atoms with E-state index in [1.165, 1.54) is 4.90 Å². The van der Waals surface area contributed by atoms with Crippen molar-refractivity contribution in [3.8, 4) is 33.3 Å².